The van der Waals surface area contributed by atoms with Gasteiger partial charge in [-0.05, 0) is 29.8 Å². The molecule has 0 atom stereocenters. The molecule has 196 valence electrons. The summed E-state index contributed by atoms with van der Waals surface area (Å²) in [5, 5.41) is 5.39. The van der Waals surface area contributed by atoms with Gasteiger partial charge in [-0.15, -0.1) is 0 Å². The van der Waals surface area contributed by atoms with E-state index in [0.29, 0.717) is 35.1 Å². The molecule has 1 fully saturated rings. The number of benzene rings is 2. The predicted molar refractivity (Wildman–Crippen MR) is 146 cm³/mol. The number of carbonyl (C=O) groups excluding carboxylic acids is 1. The minimum absolute atomic E-state index is 0.0583. The van der Waals surface area contributed by atoms with Gasteiger partial charge in [0.05, 0.1) is 11.4 Å². The zero-order valence-electron chi connectivity index (χ0n) is 21.8. The van der Waals surface area contributed by atoms with E-state index in [1.54, 1.807) is 4.52 Å². The summed E-state index contributed by atoms with van der Waals surface area (Å²) < 4.78 is 12.6. The Morgan fingerprint density at radius 1 is 0.974 bits per heavy atom. The lowest BCUT2D eigenvalue weighted by Crippen LogP contribution is -2.48. The van der Waals surface area contributed by atoms with E-state index in [0.717, 1.165) is 42.4 Å². The first kappa shape index (κ1) is 24.7. The molecule has 2 aromatic heterocycles. The first-order valence-corrected chi connectivity index (χ1v) is 13.2. The highest BCUT2D eigenvalue weighted by Crippen LogP contribution is 2.33. The largest absolute Gasteiger partial charge is 0.454 e. The summed E-state index contributed by atoms with van der Waals surface area (Å²) in [4.78, 5) is 23.0. The van der Waals surface area contributed by atoms with Gasteiger partial charge >= 0.3 is 0 Å². The number of ether oxygens (including phenoxy) is 2. The molecule has 1 amide bonds. The van der Waals surface area contributed by atoms with Gasteiger partial charge < -0.3 is 14.4 Å². The van der Waals surface area contributed by atoms with Crippen molar-refractivity contribution in [3.8, 4) is 22.8 Å². The quantitative estimate of drug-likeness (QED) is 0.367. The highest BCUT2D eigenvalue weighted by Gasteiger charge is 2.27. The van der Waals surface area contributed by atoms with Crippen LogP contribution >= 0.6 is 11.6 Å². The van der Waals surface area contributed by atoms with Crippen molar-refractivity contribution in [2.24, 2.45) is 0 Å². The Labute approximate surface area is 226 Å². The van der Waals surface area contributed by atoms with Crippen LogP contribution in [-0.2, 0) is 12.0 Å². The zero-order valence-corrected chi connectivity index (χ0v) is 22.5. The Kier molecular flexibility index (Phi) is 6.24. The van der Waals surface area contributed by atoms with Gasteiger partial charge in [0.25, 0.3) is 5.91 Å². The average Bonchev–Trinajstić information content (AvgIpc) is 3.55. The molecule has 4 heterocycles. The van der Waals surface area contributed by atoms with Crippen LogP contribution in [0.2, 0.25) is 5.02 Å². The second-order valence-corrected chi connectivity index (χ2v) is 11.2. The van der Waals surface area contributed by atoms with Crippen LogP contribution in [0.4, 0.5) is 0 Å². The molecule has 9 heteroatoms. The number of hydrogen-bond acceptors (Lipinski definition) is 6. The number of piperazine rings is 1. The van der Waals surface area contributed by atoms with Crippen LogP contribution in [0.5, 0.6) is 11.5 Å². The third-order valence-electron chi connectivity index (χ3n) is 7.07. The highest BCUT2D eigenvalue weighted by molar-refractivity contribution is 6.33. The summed E-state index contributed by atoms with van der Waals surface area (Å²) in [6.45, 7) is 10.2. The van der Waals surface area contributed by atoms with Crippen molar-refractivity contribution in [3.05, 3.63) is 76.6 Å². The number of hydrogen-bond donors (Lipinski definition) is 0. The second kappa shape index (κ2) is 9.60. The van der Waals surface area contributed by atoms with E-state index in [1.807, 2.05) is 53.4 Å². The fourth-order valence-corrected chi connectivity index (χ4v) is 5.10. The van der Waals surface area contributed by atoms with Gasteiger partial charge in [-0.25, -0.2) is 9.50 Å². The molecule has 0 radical (unpaired) electrons. The van der Waals surface area contributed by atoms with Gasteiger partial charge in [0, 0.05) is 54.8 Å². The van der Waals surface area contributed by atoms with E-state index in [9.17, 15) is 4.79 Å². The van der Waals surface area contributed by atoms with Crippen molar-refractivity contribution in [1.29, 1.82) is 0 Å². The fraction of sp³-hybridized carbons (Fsp3) is 0.345. The Hall–Kier alpha value is -3.62. The average molecular weight is 532 g/mol. The van der Waals surface area contributed by atoms with Crippen LogP contribution in [0.3, 0.4) is 0 Å². The van der Waals surface area contributed by atoms with Crippen LogP contribution in [-0.4, -0.2) is 63.3 Å². The van der Waals surface area contributed by atoms with E-state index >= 15 is 0 Å². The minimum Gasteiger partial charge on any atom is -0.454 e. The number of rotatable bonds is 4. The molecule has 0 spiro atoms. The number of fused-ring (bicyclic) bond motifs is 2. The lowest BCUT2D eigenvalue weighted by atomic mass is 9.93. The lowest BCUT2D eigenvalue weighted by Gasteiger charge is -2.34. The molecule has 0 aliphatic carbocycles. The van der Waals surface area contributed by atoms with E-state index < -0.39 is 0 Å². The standard InChI is InChI=1S/C29H30ClN5O3/c1-29(2,3)26-16-27-31-22(20-6-4-5-7-21(20)30)15-23(35(27)32-26)28(36)34-12-10-33(11-13-34)17-19-8-9-24-25(14-19)38-18-37-24/h4-9,14-16H,10-13,17-18H2,1-3H3. The van der Waals surface area contributed by atoms with Crippen molar-refractivity contribution in [2.75, 3.05) is 33.0 Å². The Morgan fingerprint density at radius 2 is 1.74 bits per heavy atom. The van der Waals surface area contributed by atoms with E-state index in [4.69, 9.17) is 31.2 Å². The summed E-state index contributed by atoms with van der Waals surface area (Å²) in [6.07, 6.45) is 0. The number of nitrogens with zero attached hydrogens (tertiary/aromatic N) is 5. The molecule has 0 N–H and O–H groups in total. The fourth-order valence-electron chi connectivity index (χ4n) is 4.87. The van der Waals surface area contributed by atoms with Crippen molar-refractivity contribution >= 4 is 23.2 Å². The smallest absolute Gasteiger partial charge is 0.272 e. The summed E-state index contributed by atoms with van der Waals surface area (Å²) in [6, 6.07) is 17.4. The van der Waals surface area contributed by atoms with Crippen LogP contribution < -0.4 is 9.47 Å². The van der Waals surface area contributed by atoms with E-state index in [-0.39, 0.29) is 18.1 Å². The van der Waals surface area contributed by atoms with Gasteiger partial charge in [-0.2, -0.15) is 5.10 Å². The van der Waals surface area contributed by atoms with Crippen molar-refractivity contribution in [1.82, 2.24) is 24.4 Å². The molecule has 0 bridgehead atoms. The highest BCUT2D eigenvalue weighted by atomic mass is 35.5. The van der Waals surface area contributed by atoms with Crippen molar-refractivity contribution in [2.45, 2.75) is 32.7 Å². The van der Waals surface area contributed by atoms with Crippen LogP contribution in [0.15, 0.2) is 54.6 Å². The molecule has 2 aliphatic heterocycles. The maximum Gasteiger partial charge on any atom is 0.272 e. The summed E-state index contributed by atoms with van der Waals surface area (Å²) in [5.41, 5.74) is 4.44. The molecule has 6 rings (SSSR count). The monoisotopic (exact) mass is 531 g/mol. The predicted octanol–water partition coefficient (Wildman–Crippen LogP) is 5.03. The van der Waals surface area contributed by atoms with E-state index in [2.05, 4.69) is 31.7 Å². The third-order valence-corrected chi connectivity index (χ3v) is 7.40. The molecule has 8 nitrogen and oxygen atoms in total. The Bertz CT molecular complexity index is 1520. The van der Waals surface area contributed by atoms with Gasteiger partial charge in [-0.1, -0.05) is 56.6 Å². The molecule has 0 unspecified atom stereocenters. The summed E-state index contributed by atoms with van der Waals surface area (Å²) >= 11 is 6.50. The SMILES string of the molecule is CC(C)(C)c1cc2nc(-c3ccccc3Cl)cc(C(=O)N3CCN(Cc4ccc5c(c4)OCO5)CC3)n2n1. The first-order chi connectivity index (χ1) is 18.3. The number of amides is 1. The minimum atomic E-state index is -0.182. The van der Waals surface area contributed by atoms with Gasteiger partial charge in [0.15, 0.2) is 17.1 Å². The van der Waals surface area contributed by atoms with Gasteiger partial charge in [0.1, 0.15) is 5.69 Å². The Balaban J connectivity index is 1.26. The van der Waals surface area contributed by atoms with Crippen molar-refractivity contribution in [3.63, 3.8) is 0 Å². The summed E-state index contributed by atoms with van der Waals surface area (Å²) in [5.74, 6) is 1.52. The molecule has 38 heavy (non-hydrogen) atoms. The maximum absolute atomic E-state index is 13.9. The molecule has 2 aliphatic rings. The van der Waals surface area contributed by atoms with E-state index in [1.165, 1.54) is 5.56 Å². The van der Waals surface area contributed by atoms with Crippen LogP contribution in [0.1, 0.15) is 42.5 Å². The third kappa shape index (κ3) is 4.70. The maximum atomic E-state index is 13.9. The normalized spacial score (nSPS) is 15.8. The number of carbonyl (C=O) groups is 1. The zero-order chi connectivity index (χ0) is 26.4. The number of halogens is 1. The molecule has 2 aromatic carbocycles. The van der Waals surface area contributed by atoms with Crippen LogP contribution in [0.25, 0.3) is 16.9 Å². The van der Waals surface area contributed by atoms with Gasteiger partial charge in [0.2, 0.25) is 6.79 Å². The summed E-state index contributed by atoms with van der Waals surface area (Å²) in [7, 11) is 0. The molecule has 0 saturated carbocycles. The van der Waals surface area contributed by atoms with Crippen LogP contribution in [0, 0.1) is 0 Å². The molecular weight excluding hydrogens is 502 g/mol. The van der Waals surface area contributed by atoms with Crippen molar-refractivity contribution < 1.29 is 14.3 Å². The number of aromatic nitrogens is 3. The molecule has 1 saturated heterocycles. The first-order valence-electron chi connectivity index (χ1n) is 12.8. The second-order valence-electron chi connectivity index (χ2n) is 10.8. The molecule has 4 aromatic rings. The lowest BCUT2D eigenvalue weighted by molar-refractivity contribution is 0.0619. The molecular formula is C29H30ClN5O3. The topological polar surface area (TPSA) is 72.2 Å². The van der Waals surface area contributed by atoms with Gasteiger partial charge in [-0.3, -0.25) is 9.69 Å². The Morgan fingerprint density at radius 3 is 2.50 bits per heavy atom.